The topological polar surface area (TPSA) is 41.3 Å². The fourth-order valence-corrected chi connectivity index (χ4v) is 2.20. The van der Waals surface area contributed by atoms with Crippen LogP contribution in [0.3, 0.4) is 0 Å². The molecule has 0 radical (unpaired) electrons. The lowest BCUT2D eigenvalue weighted by atomic mass is 10.1. The maximum absolute atomic E-state index is 5.53. The Hall–Kier alpha value is -0.420. The van der Waals surface area contributed by atoms with E-state index in [2.05, 4.69) is 41.2 Å². The number of aryl methyl sites for hydroxylation is 1. The summed E-state index contributed by atoms with van der Waals surface area (Å²) in [5.41, 5.74) is 4.32. The van der Waals surface area contributed by atoms with Gasteiger partial charge in [0.15, 0.2) is 0 Å². The Kier molecular flexibility index (Phi) is 5.86. The molecule has 0 spiro atoms. The second-order valence-corrected chi connectivity index (χ2v) is 4.91. The van der Waals surface area contributed by atoms with Crippen LogP contribution < -0.4 is 11.3 Å². The summed E-state index contributed by atoms with van der Waals surface area (Å²) in [7, 11) is 4.18. The number of nitrogens with one attached hydrogen (secondary N) is 1. The van der Waals surface area contributed by atoms with Gasteiger partial charge in [0.2, 0.25) is 0 Å². The van der Waals surface area contributed by atoms with Gasteiger partial charge in [0, 0.05) is 6.04 Å². The average Bonchev–Trinajstić information content (AvgIpc) is 2.70. The SMILES string of the molecule is CN(C)CCC(CCc1ccsc1)NN. The van der Waals surface area contributed by atoms with Crippen LogP contribution in [0.25, 0.3) is 0 Å². The third-order valence-corrected chi connectivity index (χ3v) is 3.25. The Morgan fingerprint density at radius 3 is 2.80 bits per heavy atom. The summed E-state index contributed by atoms with van der Waals surface area (Å²) in [6.07, 6.45) is 3.33. The first-order chi connectivity index (χ1) is 7.22. The molecule has 4 heteroatoms. The van der Waals surface area contributed by atoms with Crippen LogP contribution in [0.15, 0.2) is 16.8 Å². The molecule has 1 aromatic rings. The number of rotatable bonds is 7. The first kappa shape index (κ1) is 12.6. The van der Waals surface area contributed by atoms with E-state index in [4.69, 9.17) is 5.84 Å². The maximum atomic E-state index is 5.53. The summed E-state index contributed by atoms with van der Waals surface area (Å²) < 4.78 is 0. The largest absolute Gasteiger partial charge is 0.309 e. The van der Waals surface area contributed by atoms with Gasteiger partial charge in [-0.05, 0) is 62.3 Å². The molecular weight excluding hydrogens is 206 g/mol. The minimum absolute atomic E-state index is 0.423. The quantitative estimate of drug-likeness (QED) is 0.547. The monoisotopic (exact) mass is 227 g/mol. The summed E-state index contributed by atoms with van der Waals surface area (Å²) in [5.74, 6) is 5.53. The average molecular weight is 227 g/mol. The molecule has 0 aliphatic rings. The van der Waals surface area contributed by atoms with Crippen molar-refractivity contribution in [1.29, 1.82) is 0 Å². The molecule has 0 saturated carbocycles. The van der Waals surface area contributed by atoms with Crippen LogP contribution in [0.5, 0.6) is 0 Å². The van der Waals surface area contributed by atoms with Crippen LogP contribution >= 0.6 is 11.3 Å². The predicted octanol–water partition coefficient (Wildman–Crippen LogP) is 1.46. The molecule has 3 nitrogen and oxygen atoms in total. The second kappa shape index (κ2) is 6.95. The molecule has 0 saturated heterocycles. The van der Waals surface area contributed by atoms with Crippen LogP contribution in [0.2, 0.25) is 0 Å². The van der Waals surface area contributed by atoms with E-state index >= 15 is 0 Å². The highest BCUT2D eigenvalue weighted by Crippen LogP contribution is 2.10. The van der Waals surface area contributed by atoms with E-state index < -0.39 is 0 Å². The van der Waals surface area contributed by atoms with Crippen LogP contribution in [0.1, 0.15) is 18.4 Å². The van der Waals surface area contributed by atoms with Gasteiger partial charge in [0.25, 0.3) is 0 Å². The smallest absolute Gasteiger partial charge is 0.0225 e. The van der Waals surface area contributed by atoms with Crippen molar-refractivity contribution in [3.05, 3.63) is 22.4 Å². The molecule has 0 bridgehead atoms. The molecule has 0 aromatic carbocycles. The highest BCUT2D eigenvalue weighted by molar-refractivity contribution is 7.07. The van der Waals surface area contributed by atoms with Gasteiger partial charge in [0.05, 0.1) is 0 Å². The summed E-state index contributed by atoms with van der Waals surface area (Å²) in [6.45, 7) is 1.08. The van der Waals surface area contributed by atoms with E-state index in [1.165, 1.54) is 5.56 Å². The van der Waals surface area contributed by atoms with Crippen LogP contribution in [-0.2, 0) is 6.42 Å². The van der Waals surface area contributed by atoms with E-state index in [0.717, 1.165) is 25.8 Å². The number of hydrogen-bond donors (Lipinski definition) is 2. The molecule has 86 valence electrons. The van der Waals surface area contributed by atoms with Gasteiger partial charge in [-0.15, -0.1) is 0 Å². The Bertz CT molecular complexity index is 246. The van der Waals surface area contributed by atoms with E-state index in [1.54, 1.807) is 11.3 Å². The highest BCUT2D eigenvalue weighted by Gasteiger charge is 2.07. The molecule has 1 aromatic heterocycles. The van der Waals surface area contributed by atoms with Gasteiger partial charge in [-0.1, -0.05) is 0 Å². The molecule has 0 aliphatic heterocycles. The van der Waals surface area contributed by atoms with Gasteiger partial charge in [-0.2, -0.15) is 11.3 Å². The zero-order valence-electron chi connectivity index (χ0n) is 9.57. The van der Waals surface area contributed by atoms with Gasteiger partial charge < -0.3 is 4.90 Å². The summed E-state index contributed by atoms with van der Waals surface area (Å²) in [5, 5.41) is 4.33. The zero-order chi connectivity index (χ0) is 11.1. The summed E-state index contributed by atoms with van der Waals surface area (Å²) >= 11 is 1.76. The van der Waals surface area contributed by atoms with Gasteiger partial charge in [-0.3, -0.25) is 11.3 Å². The van der Waals surface area contributed by atoms with Crippen LogP contribution in [0, 0.1) is 0 Å². The fraction of sp³-hybridized carbons (Fsp3) is 0.636. The lowest BCUT2D eigenvalue weighted by Crippen LogP contribution is -2.37. The molecule has 0 fully saturated rings. The van der Waals surface area contributed by atoms with E-state index in [-0.39, 0.29) is 0 Å². The van der Waals surface area contributed by atoms with Crippen molar-refractivity contribution >= 4 is 11.3 Å². The second-order valence-electron chi connectivity index (χ2n) is 4.13. The van der Waals surface area contributed by atoms with Crippen molar-refractivity contribution in [2.24, 2.45) is 5.84 Å². The lowest BCUT2D eigenvalue weighted by molar-refractivity contribution is 0.351. The molecule has 0 amide bonds. The third-order valence-electron chi connectivity index (χ3n) is 2.52. The van der Waals surface area contributed by atoms with E-state index in [0.29, 0.717) is 6.04 Å². The summed E-state index contributed by atoms with van der Waals surface area (Å²) in [6, 6.07) is 2.61. The Morgan fingerprint density at radius 1 is 1.47 bits per heavy atom. The number of thiophene rings is 1. The Labute approximate surface area is 96.2 Å². The highest BCUT2D eigenvalue weighted by atomic mass is 32.1. The number of nitrogens with zero attached hydrogens (tertiary/aromatic N) is 1. The van der Waals surface area contributed by atoms with Crippen molar-refractivity contribution in [3.63, 3.8) is 0 Å². The van der Waals surface area contributed by atoms with Gasteiger partial charge in [-0.25, -0.2) is 0 Å². The number of hydrogen-bond acceptors (Lipinski definition) is 4. The van der Waals surface area contributed by atoms with Crippen LogP contribution in [-0.4, -0.2) is 31.6 Å². The maximum Gasteiger partial charge on any atom is 0.0225 e. The number of nitrogens with two attached hydrogens (primary N) is 1. The minimum atomic E-state index is 0.423. The molecule has 0 aliphatic carbocycles. The first-order valence-electron chi connectivity index (χ1n) is 5.34. The fourth-order valence-electron chi connectivity index (χ4n) is 1.50. The van der Waals surface area contributed by atoms with Crippen molar-refractivity contribution in [3.8, 4) is 0 Å². The normalized spacial score (nSPS) is 13.3. The molecule has 1 unspecified atom stereocenters. The predicted molar refractivity (Wildman–Crippen MR) is 66.9 cm³/mol. The lowest BCUT2D eigenvalue weighted by Gasteiger charge is -2.18. The molecule has 1 rings (SSSR count). The molecular formula is C11H21N3S. The minimum Gasteiger partial charge on any atom is -0.309 e. The van der Waals surface area contributed by atoms with Crippen molar-refractivity contribution < 1.29 is 0 Å². The first-order valence-corrected chi connectivity index (χ1v) is 6.28. The third kappa shape index (κ3) is 5.28. The van der Waals surface area contributed by atoms with Crippen LogP contribution in [0.4, 0.5) is 0 Å². The van der Waals surface area contributed by atoms with Crippen molar-refractivity contribution in [1.82, 2.24) is 10.3 Å². The van der Waals surface area contributed by atoms with Crippen molar-refractivity contribution in [2.75, 3.05) is 20.6 Å². The molecule has 3 N–H and O–H groups in total. The van der Waals surface area contributed by atoms with E-state index in [1.807, 2.05) is 0 Å². The zero-order valence-corrected chi connectivity index (χ0v) is 10.4. The molecule has 15 heavy (non-hydrogen) atoms. The Balaban J connectivity index is 2.22. The standard InChI is InChI=1S/C11H21N3S/c1-14(2)7-5-11(13-12)4-3-10-6-8-15-9-10/h6,8-9,11,13H,3-5,7,12H2,1-2H3. The van der Waals surface area contributed by atoms with Gasteiger partial charge in [0.1, 0.15) is 0 Å². The van der Waals surface area contributed by atoms with E-state index in [9.17, 15) is 0 Å². The van der Waals surface area contributed by atoms with Crippen molar-refractivity contribution in [2.45, 2.75) is 25.3 Å². The Morgan fingerprint density at radius 2 is 2.27 bits per heavy atom. The molecule has 1 heterocycles. The van der Waals surface area contributed by atoms with Gasteiger partial charge >= 0.3 is 0 Å². The number of hydrazine groups is 1. The summed E-state index contributed by atoms with van der Waals surface area (Å²) in [4.78, 5) is 2.19. The molecule has 1 atom stereocenters.